The molecule has 1 saturated heterocycles. The van der Waals surface area contributed by atoms with Crippen LogP contribution in [-0.2, 0) is 11.3 Å². The highest BCUT2D eigenvalue weighted by atomic mass is 16.5. The van der Waals surface area contributed by atoms with Crippen LogP contribution in [0.15, 0.2) is 23.2 Å². The van der Waals surface area contributed by atoms with Crippen LogP contribution in [0.3, 0.4) is 0 Å². The number of guanidine groups is 1. The Balaban J connectivity index is 2.02. The first-order valence-electron chi connectivity index (χ1n) is 9.53. The second-order valence-corrected chi connectivity index (χ2v) is 6.94. The molecule has 1 heterocycles. The van der Waals surface area contributed by atoms with Gasteiger partial charge in [-0.2, -0.15) is 0 Å². The topological polar surface area (TPSA) is 75.2 Å². The molecule has 1 aromatic rings. The molecule has 0 saturated carbocycles. The fourth-order valence-electron chi connectivity index (χ4n) is 3.10. The highest BCUT2D eigenvalue weighted by Crippen LogP contribution is 2.25. The first-order valence-corrected chi connectivity index (χ1v) is 9.53. The molecule has 0 aliphatic carbocycles. The lowest BCUT2D eigenvalue weighted by molar-refractivity contribution is -0.133. The van der Waals surface area contributed by atoms with Crippen molar-refractivity contribution in [1.82, 2.24) is 15.5 Å². The molecule has 0 radical (unpaired) electrons. The fraction of sp³-hybridized carbons (Fsp3) is 0.600. The minimum Gasteiger partial charge on any atom is -0.497 e. The molecule has 1 unspecified atom stereocenters. The zero-order chi connectivity index (χ0) is 19.8. The minimum atomic E-state index is 0.0354. The van der Waals surface area contributed by atoms with Gasteiger partial charge in [-0.05, 0) is 25.5 Å². The van der Waals surface area contributed by atoms with E-state index in [1.165, 1.54) is 0 Å². The molecule has 1 atom stereocenters. The van der Waals surface area contributed by atoms with Crippen LogP contribution < -0.4 is 20.1 Å². The van der Waals surface area contributed by atoms with E-state index < -0.39 is 0 Å². The Morgan fingerprint density at radius 3 is 2.74 bits per heavy atom. The van der Waals surface area contributed by atoms with Crippen molar-refractivity contribution >= 4 is 11.9 Å². The van der Waals surface area contributed by atoms with Crippen LogP contribution in [-0.4, -0.2) is 56.7 Å². The molecule has 1 fully saturated rings. The molecule has 2 N–H and O–H groups in total. The van der Waals surface area contributed by atoms with Crippen molar-refractivity contribution in [3.8, 4) is 11.5 Å². The molecular formula is C20H32N4O3. The summed E-state index contributed by atoms with van der Waals surface area (Å²) in [5, 5.41) is 6.73. The Labute approximate surface area is 162 Å². The van der Waals surface area contributed by atoms with Gasteiger partial charge in [0, 0.05) is 43.2 Å². The van der Waals surface area contributed by atoms with Crippen LogP contribution in [0, 0.1) is 5.92 Å². The van der Waals surface area contributed by atoms with Crippen LogP contribution in [0.2, 0.25) is 0 Å². The lowest BCUT2D eigenvalue weighted by Gasteiger charge is -2.20. The standard InChI is InChI=1S/C20H32N4O3/c1-6-21-20(23-16-9-10-24(13-16)19(25)14(2)3)22-12-15-7-8-17(26-4)11-18(15)27-5/h7-8,11,14,16H,6,9-10,12-13H2,1-5H3,(H2,21,22,23). The summed E-state index contributed by atoms with van der Waals surface area (Å²) >= 11 is 0. The van der Waals surface area contributed by atoms with Gasteiger partial charge in [-0.3, -0.25) is 4.79 Å². The summed E-state index contributed by atoms with van der Waals surface area (Å²) in [6, 6.07) is 5.93. The third-order valence-corrected chi connectivity index (χ3v) is 4.58. The molecule has 1 aromatic carbocycles. The maximum atomic E-state index is 12.2. The van der Waals surface area contributed by atoms with Gasteiger partial charge in [-0.25, -0.2) is 4.99 Å². The highest BCUT2D eigenvalue weighted by Gasteiger charge is 2.27. The fourth-order valence-corrected chi connectivity index (χ4v) is 3.10. The van der Waals surface area contributed by atoms with E-state index in [0.717, 1.165) is 42.5 Å². The molecule has 150 valence electrons. The number of ether oxygens (including phenoxy) is 2. The van der Waals surface area contributed by atoms with Gasteiger partial charge < -0.3 is 25.0 Å². The second-order valence-electron chi connectivity index (χ2n) is 6.94. The van der Waals surface area contributed by atoms with Gasteiger partial charge in [0.25, 0.3) is 0 Å². The molecule has 1 aliphatic heterocycles. The summed E-state index contributed by atoms with van der Waals surface area (Å²) in [7, 11) is 3.28. The van der Waals surface area contributed by atoms with E-state index in [9.17, 15) is 4.79 Å². The molecule has 1 aliphatic rings. The van der Waals surface area contributed by atoms with Gasteiger partial charge in [0.1, 0.15) is 11.5 Å². The minimum absolute atomic E-state index is 0.0354. The van der Waals surface area contributed by atoms with Crippen LogP contribution >= 0.6 is 0 Å². The SMILES string of the molecule is CCNC(=NCc1ccc(OC)cc1OC)NC1CCN(C(=O)C(C)C)C1. The number of rotatable bonds is 7. The summed E-state index contributed by atoms with van der Waals surface area (Å²) in [6.45, 7) is 8.69. The summed E-state index contributed by atoms with van der Waals surface area (Å²) in [5.41, 5.74) is 0.985. The molecule has 7 nitrogen and oxygen atoms in total. The second kappa shape index (κ2) is 10.0. The molecular weight excluding hydrogens is 344 g/mol. The number of carbonyl (C=O) groups excluding carboxylic acids is 1. The average molecular weight is 377 g/mol. The monoisotopic (exact) mass is 376 g/mol. The van der Waals surface area contributed by atoms with Crippen molar-refractivity contribution in [2.75, 3.05) is 33.9 Å². The van der Waals surface area contributed by atoms with E-state index in [1.54, 1.807) is 14.2 Å². The van der Waals surface area contributed by atoms with E-state index in [0.29, 0.717) is 13.1 Å². The van der Waals surface area contributed by atoms with E-state index in [-0.39, 0.29) is 17.9 Å². The molecule has 7 heteroatoms. The third kappa shape index (κ3) is 5.77. The summed E-state index contributed by atoms with van der Waals surface area (Å²) in [4.78, 5) is 18.8. The van der Waals surface area contributed by atoms with Crippen LogP contribution in [0.5, 0.6) is 11.5 Å². The van der Waals surface area contributed by atoms with Crippen molar-refractivity contribution < 1.29 is 14.3 Å². The Morgan fingerprint density at radius 1 is 1.33 bits per heavy atom. The van der Waals surface area contributed by atoms with Crippen molar-refractivity contribution in [1.29, 1.82) is 0 Å². The van der Waals surface area contributed by atoms with Gasteiger partial charge in [0.2, 0.25) is 5.91 Å². The molecule has 1 amide bonds. The maximum Gasteiger partial charge on any atom is 0.225 e. The summed E-state index contributed by atoms with van der Waals surface area (Å²) < 4.78 is 10.7. The molecule has 2 rings (SSSR count). The van der Waals surface area contributed by atoms with E-state index >= 15 is 0 Å². The number of hydrogen-bond acceptors (Lipinski definition) is 4. The zero-order valence-electron chi connectivity index (χ0n) is 17.0. The van der Waals surface area contributed by atoms with Crippen molar-refractivity contribution in [3.63, 3.8) is 0 Å². The number of likely N-dealkylation sites (tertiary alicyclic amines) is 1. The number of nitrogens with one attached hydrogen (secondary N) is 2. The average Bonchev–Trinajstić information content (AvgIpc) is 3.13. The number of methoxy groups -OCH3 is 2. The lowest BCUT2D eigenvalue weighted by Crippen LogP contribution is -2.45. The van der Waals surface area contributed by atoms with Crippen molar-refractivity contribution in [2.45, 2.75) is 39.8 Å². The van der Waals surface area contributed by atoms with Crippen LogP contribution in [0.4, 0.5) is 0 Å². The quantitative estimate of drug-likeness (QED) is 0.562. The highest BCUT2D eigenvalue weighted by molar-refractivity contribution is 5.81. The lowest BCUT2D eigenvalue weighted by atomic mass is 10.2. The predicted octanol–water partition coefficient (Wildman–Crippen LogP) is 2.02. The Kier molecular flexibility index (Phi) is 7.76. The van der Waals surface area contributed by atoms with Crippen molar-refractivity contribution in [2.24, 2.45) is 10.9 Å². The number of nitrogens with zero attached hydrogens (tertiary/aromatic N) is 2. The number of amides is 1. The normalized spacial score (nSPS) is 17.2. The first-order chi connectivity index (χ1) is 13.0. The van der Waals surface area contributed by atoms with Crippen LogP contribution in [0.1, 0.15) is 32.8 Å². The van der Waals surface area contributed by atoms with Gasteiger partial charge in [-0.1, -0.05) is 13.8 Å². The largest absolute Gasteiger partial charge is 0.497 e. The number of carbonyl (C=O) groups is 1. The smallest absolute Gasteiger partial charge is 0.225 e. The summed E-state index contributed by atoms with van der Waals surface area (Å²) in [6.07, 6.45) is 0.925. The van der Waals surface area contributed by atoms with E-state index in [4.69, 9.17) is 9.47 Å². The maximum absolute atomic E-state index is 12.2. The molecule has 0 bridgehead atoms. The molecule has 0 aromatic heterocycles. The van der Waals surface area contributed by atoms with Gasteiger partial charge in [0.05, 0.1) is 20.8 Å². The Bertz CT molecular complexity index is 661. The van der Waals surface area contributed by atoms with E-state index in [2.05, 4.69) is 15.6 Å². The first kappa shape index (κ1) is 20.9. The summed E-state index contributed by atoms with van der Waals surface area (Å²) in [5.74, 6) is 2.51. The number of aliphatic imine (C=N–C) groups is 1. The van der Waals surface area contributed by atoms with Gasteiger partial charge >= 0.3 is 0 Å². The third-order valence-electron chi connectivity index (χ3n) is 4.58. The zero-order valence-corrected chi connectivity index (χ0v) is 17.0. The van der Waals surface area contributed by atoms with E-state index in [1.807, 2.05) is 43.9 Å². The van der Waals surface area contributed by atoms with Crippen molar-refractivity contribution in [3.05, 3.63) is 23.8 Å². The Morgan fingerprint density at radius 2 is 2.11 bits per heavy atom. The number of hydrogen-bond donors (Lipinski definition) is 2. The number of benzene rings is 1. The Hall–Kier alpha value is -2.44. The predicted molar refractivity (Wildman–Crippen MR) is 107 cm³/mol. The van der Waals surface area contributed by atoms with Gasteiger partial charge in [-0.15, -0.1) is 0 Å². The molecule has 0 spiro atoms. The molecule has 27 heavy (non-hydrogen) atoms. The van der Waals surface area contributed by atoms with Gasteiger partial charge in [0.15, 0.2) is 5.96 Å². The van der Waals surface area contributed by atoms with Crippen LogP contribution in [0.25, 0.3) is 0 Å².